The third kappa shape index (κ3) is 3.22. The number of fused-ring (bicyclic) bond motifs is 1. The highest BCUT2D eigenvalue weighted by Crippen LogP contribution is 2.26. The van der Waals surface area contributed by atoms with Gasteiger partial charge in [0.05, 0.1) is 6.04 Å². The van der Waals surface area contributed by atoms with E-state index in [1.54, 1.807) is 0 Å². The maximum absolute atomic E-state index is 12.3. The monoisotopic (exact) mass is 314 g/mol. The molecule has 0 radical (unpaired) electrons. The van der Waals surface area contributed by atoms with Crippen molar-refractivity contribution in [2.24, 2.45) is 0 Å². The molecule has 0 aliphatic heterocycles. The molecule has 1 unspecified atom stereocenters. The molecule has 0 saturated carbocycles. The van der Waals surface area contributed by atoms with E-state index in [0.717, 1.165) is 11.3 Å². The Morgan fingerprint density at radius 2 is 2.05 bits per heavy atom. The first-order valence-electron chi connectivity index (χ1n) is 8.03. The smallest absolute Gasteiger partial charge is 0.271 e. The minimum Gasteiger partial charge on any atom is -0.344 e. The van der Waals surface area contributed by atoms with E-state index in [-0.39, 0.29) is 11.9 Å². The molecule has 1 aromatic carbocycles. The second kappa shape index (κ2) is 6.61. The molecule has 2 aromatic rings. The van der Waals surface area contributed by atoms with Crippen molar-refractivity contribution in [3.8, 4) is 0 Å². The summed E-state index contributed by atoms with van der Waals surface area (Å²) >= 11 is 1.37. The molecular formula is C18H22N2OS. The minimum atomic E-state index is -0.0751. The van der Waals surface area contributed by atoms with Crippen molar-refractivity contribution in [1.29, 1.82) is 0 Å². The SMILES string of the molecule is CCC(NC(=O)c1cc(C)sn1)c1ccc2c(c1)CCCC2. The van der Waals surface area contributed by atoms with E-state index in [1.807, 2.05) is 13.0 Å². The van der Waals surface area contributed by atoms with E-state index >= 15 is 0 Å². The average Bonchev–Trinajstić information content (AvgIpc) is 2.98. The Balaban J connectivity index is 1.77. The molecule has 1 amide bonds. The van der Waals surface area contributed by atoms with Crippen LogP contribution in [-0.2, 0) is 12.8 Å². The number of carbonyl (C=O) groups excluding carboxylic acids is 1. The molecule has 1 aromatic heterocycles. The first kappa shape index (κ1) is 15.2. The predicted molar refractivity (Wildman–Crippen MR) is 90.4 cm³/mol. The van der Waals surface area contributed by atoms with E-state index in [9.17, 15) is 4.79 Å². The van der Waals surface area contributed by atoms with Crippen LogP contribution in [-0.4, -0.2) is 10.3 Å². The standard InChI is InChI=1S/C18H22N2OS/c1-3-16(19-18(21)17-10-12(2)22-20-17)15-9-8-13-6-4-5-7-14(13)11-15/h8-11,16H,3-7H2,1-2H3,(H,19,21). The third-order valence-corrected chi connectivity index (χ3v) is 5.04. The summed E-state index contributed by atoms with van der Waals surface area (Å²) in [6.45, 7) is 4.08. The van der Waals surface area contributed by atoms with Crippen molar-refractivity contribution in [1.82, 2.24) is 9.69 Å². The molecule has 1 N–H and O–H groups in total. The predicted octanol–water partition coefficient (Wildman–Crippen LogP) is 4.21. The van der Waals surface area contributed by atoms with Crippen molar-refractivity contribution in [2.45, 2.75) is 52.0 Å². The number of hydrogen-bond donors (Lipinski definition) is 1. The van der Waals surface area contributed by atoms with E-state index < -0.39 is 0 Å². The minimum absolute atomic E-state index is 0.0572. The fraction of sp³-hybridized carbons (Fsp3) is 0.444. The molecule has 22 heavy (non-hydrogen) atoms. The van der Waals surface area contributed by atoms with Gasteiger partial charge in [0, 0.05) is 4.88 Å². The number of nitrogens with zero attached hydrogens (tertiary/aromatic N) is 1. The number of aromatic nitrogens is 1. The normalized spacial score (nSPS) is 15.2. The van der Waals surface area contributed by atoms with Crippen molar-refractivity contribution in [3.05, 3.63) is 51.5 Å². The Morgan fingerprint density at radius 1 is 1.27 bits per heavy atom. The molecule has 3 rings (SSSR count). The quantitative estimate of drug-likeness (QED) is 0.918. The van der Waals surface area contributed by atoms with Crippen molar-refractivity contribution in [2.75, 3.05) is 0 Å². The summed E-state index contributed by atoms with van der Waals surface area (Å²) < 4.78 is 4.20. The maximum atomic E-state index is 12.3. The highest BCUT2D eigenvalue weighted by Gasteiger charge is 2.18. The largest absolute Gasteiger partial charge is 0.344 e. The first-order valence-corrected chi connectivity index (χ1v) is 8.80. The molecule has 1 aliphatic rings. The Morgan fingerprint density at radius 3 is 2.73 bits per heavy atom. The zero-order valence-electron chi connectivity index (χ0n) is 13.2. The van der Waals surface area contributed by atoms with Gasteiger partial charge in [0.1, 0.15) is 5.69 Å². The lowest BCUT2D eigenvalue weighted by atomic mass is 9.89. The molecular weight excluding hydrogens is 292 g/mol. The van der Waals surface area contributed by atoms with Gasteiger partial charge in [-0.2, -0.15) is 4.37 Å². The van der Waals surface area contributed by atoms with Gasteiger partial charge >= 0.3 is 0 Å². The van der Waals surface area contributed by atoms with Gasteiger partial charge in [0.2, 0.25) is 0 Å². The summed E-state index contributed by atoms with van der Waals surface area (Å²) in [5.41, 5.74) is 4.68. The van der Waals surface area contributed by atoms with Crippen LogP contribution < -0.4 is 5.32 Å². The van der Waals surface area contributed by atoms with Gasteiger partial charge < -0.3 is 5.32 Å². The zero-order chi connectivity index (χ0) is 15.5. The van der Waals surface area contributed by atoms with E-state index in [0.29, 0.717) is 5.69 Å². The van der Waals surface area contributed by atoms with E-state index in [1.165, 1.54) is 53.9 Å². The fourth-order valence-corrected chi connectivity index (χ4v) is 3.64. The number of hydrogen-bond acceptors (Lipinski definition) is 3. The molecule has 116 valence electrons. The van der Waals surface area contributed by atoms with Gasteiger partial charge in [0.15, 0.2) is 0 Å². The summed E-state index contributed by atoms with van der Waals surface area (Å²) in [5.74, 6) is -0.0751. The van der Waals surface area contributed by atoms with Crippen LogP contribution in [0.4, 0.5) is 0 Å². The lowest BCUT2D eigenvalue weighted by molar-refractivity contribution is 0.0931. The second-order valence-corrected chi connectivity index (χ2v) is 7.00. The number of nitrogens with one attached hydrogen (secondary N) is 1. The number of amides is 1. The first-order chi connectivity index (χ1) is 10.7. The number of aryl methyl sites for hydroxylation is 3. The Hall–Kier alpha value is -1.68. The molecule has 4 heteroatoms. The Labute approximate surface area is 135 Å². The van der Waals surface area contributed by atoms with Gasteiger partial charge in [-0.05, 0) is 73.3 Å². The lowest BCUT2D eigenvalue weighted by Gasteiger charge is -2.21. The van der Waals surface area contributed by atoms with E-state index in [2.05, 4.69) is 34.8 Å². The summed E-state index contributed by atoms with van der Waals surface area (Å²) in [7, 11) is 0. The summed E-state index contributed by atoms with van der Waals surface area (Å²) in [6, 6.07) is 8.60. The van der Waals surface area contributed by atoms with Gasteiger partial charge in [-0.3, -0.25) is 4.79 Å². The van der Waals surface area contributed by atoms with Crippen LogP contribution in [0, 0.1) is 6.92 Å². The zero-order valence-corrected chi connectivity index (χ0v) is 14.0. The van der Waals surface area contributed by atoms with Crippen LogP contribution in [0.2, 0.25) is 0 Å². The summed E-state index contributed by atoms with van der Waals surface area (Å²) in [6.07, 6.45) is 5.81. The number of rotatable bonds is 4. The van der Waals surface area contributed by atoms with Crippen LogP contribution in [0.1, 0.15) is 64.3 Å². The molecule has 0 bridgehead atoms. The van der Waals surface area contributed by atoms with Crippen LogP contribution in [0.5, 0.6) is 0 Å². The third-order valence-electron chi connectivity index (χ3n) is 4.35. The van der Waals surface area contributed by atoms with Gasteiger partial charge in [-0.25, -0.2) is 0 Å². The fourth-order valence-electron chi connectivity index (χ4n) is 3.10. The number of benzene rings is 1. The van der Waals surface area contributed by atoms with Gasteiger partial charge in [-0.15, -0.1) is 0 Å². The van der Waals surface area contributed by atoms with Crippen molar-refractivity contribution < 1.29 is 4.79 Å². The van der Waals surface area contributed by atoms with Gasteiger partial charge in [0.25, 0.3) is 5.91 Å². The molecule has 1 aliphatic carbocycles. The maximum Gasteiger partial charge on any atom is 0.271 e. The van der Waals surface area contributed by atoms with Crippen LogP contribution in [0.15, 0.2) is 24.3 Å². The molecule has 1 heterocycles. The topological polar surface area (TPSA) is 42.0 Å². The lowest BCUT2D eigenvalue weighted by Crippen LogP contribution is -2.28. The molecule has 0 saturated heterocycles. The van der Waals surface area contributed by atoms with Crippen molar-refractivity contribution in [3.63, 3.8) is 0 Å². The Bertz CT molecular complexity index is 677. The number of carbonyl (C=O) groups is 1. The molecule has 0 spiro atoms. The van der Waals surface area contributed by atoms with Crippen LogP contribution in [0.3, 0.4) is 0 Å². The highest BCUT2D eigenvalue weighted by molar-refractivity contribution is 7.05. The second-order valence-electron chi connectivity index (χ2n) is 5.99. The molecule has 3 nitrogen and oxygen atoms in total. The summed E-state index contributed by atoms with van der Waals surface area (Å²) in [4.78, 5) is 13.4. The molecule has 0 fully saturated rings. The van der Waals surface area contributed by atoms with Gasteiger partial charge in [-0.1, -0.05) is 25.1 Å². The molecule has 1 atom stereocenters. The average molecular weight is 314 g/mol. The highest BCUT2D eigenvalue weighted by atomic mass is 32.1. The van der Waals surface area contributed by atoms with Crippen LogP contribution >= 0.6 is 11.5 Å². The Kier molecular flexibility index (Phi) is 4.57. The van der Waals surface area contributed by atoms with Crippen molar-refractivity contribution >= 4 is 17.4 Å². The van der Waals surface area contributed by atoms with Crippen LogP contribution in [0.25, 0.3) is 0 Å². The van der Waals surface area contributed by atoms with E-state index in [4.69, 9.17) is 0 Å². The summed E-state index contributed by atoms with van der Waals surface area (Å²) in [5, 5.41) is 3.12.